The van der Waals surface area contributed by atoms with Crippen molar-refractivity contribution in [3.8, 4) is 0 Å². The third-order valence-corrected chi connectivity index (χ3v) is 4.96. The molecule has 0 aromatic heterocycles. The Balaban J connectivity index is 1.63. The summed E-state index contributed by atoms with van der Waals surface area (Å²) in [6.45, 7) is 3.98. The summed E-state index contributed by atoms with van der Waals surface area (Å²) in [7, 11) is 1.45. The SMILES string of the molecule is COC(=O)C[C@@H](NCc1ccccc1)[C@H]1CN1[C@H](C)c1ccccc1. The van der Waals surface area contributed by atoms with Crippen LogP contribution in [0.3, 0.4) is 0 Å². The quantitative estimate of drug-likeness (QED) is 0.593. The third-order valence-electron chi connectivity index (χ3n) is 4.96. The van der Waals surface area contributed by atoms with Crippen molar-refractivity contribution in [1.82, 2.24) is 10.2 Å². The highest BCUT2D eigenvalue weighted by Crippen LogP contribution is 2.34. The highest BCUT2D eigenvalue weighted by Gasteiger charge is 2.44. The molecule has 0 aliphatic carbocycles. The van der Waals surface area contributed by atoms with E-state index in [2.05, 4.69) is 53.5 Å². The lowest BCUT2D eigenvalue weighted by Gasteiger charge is -2.21. The second kappa shape index (κ2) is 8.28. The molecule has 25 heavy (non-hydrogen) atoms. The molecule has 1 saturated heterocycles. The van der Waals surface area contributed by atoms with Crippen molar-refractivity contribution in [1.29, 1.82) is 0 Å². The number of benzene rings is 2. The van der Waals surface area contributed by atoms with E-state index in [4.69, 9.17) is 4.74 Å². The predicted octanol–water partition coefficient (Wildman–Crippen LogP) is 3.15. The van der Waals surface area contributed by atoms with E-state index in [1.807, 2.05) is 24.3 Å². The molecule has 0 saturated carbocycles. The third kappa shape index (κ3) is 4.68. The Morgan fingerprint density at radius 1 is 1.16 bits per heavy atom. The summed E-state index contributed by atoms with van der Waals surface area (Å²) >= 11 is 0. The van der Waals surface area contributed by atoms with E-state index in [1.54, 1.807) is 0 Å². The first-order valence-corrected chi connectivity index (χ1v) is 8.84. The van der Waals surface area contributed by atoms with Gasteiger partial charge in [0.1, 0.15) is 0 Å². The maximum absolute atomic E-state index is 11.8. The Kier molecular flexibility index (Phi) is 5.84. The molecule has 4 nitrogen and oxygen atoms in total. The summed E-state index contributed by atoms with van der Waals surface area (Å²) in [4.78, 5) is 14.3. The molecule has 1 aliphatic heterocycles. The fourth-order valence-electron chi connectivity index (χ4n) is 3.35. The van der Waals surface area contributed by atoms with Crippen molar-refractivity contribution in [2.24, 2.45) is 0 Å². The average molecular weight is 338 g/mol. The lowest BCUT2D eigenvalue weighted by atomic mass is 10.1. The van der Waals surface area contributed by atoms with Crippen molar-refractivity contribution < 1.29 is 9.53 Å². The number of carbonyl (C=O) groups excluding carboxylic acids is 1. The zero-order valence-electron chi connectivity index (χ0n) is 14.9. The second-order valence-corrected chi connectivity index (χ2v) is 6.60. The van der Waals surface area contributed by atoms with Gasteiger partial charge in [0.15, 0.2) is 0 Å². The molecule has 0 radical (unpaired) electrons. The van der Waals surface area contributed by atoms with Crippen LogP contribution in [0.5, 0.6) is 0 Å². The first-order chi connectivity index (χ1) is 12.2. The monoisotopic (exact) mass is 338 g/mol. The summed E-state index contributed by atoms with van der Waals surface area (Å²) in [5.41, 5.74) is 2.53. The summed E-state index contributed by atoms with van der Waals surface area (Å²) in [6.07, 6.45) is 0.395. The van der Waals surface area contributed by atoms with E-state index in [9.17, 15) is 4.79 Å². The van der Waals surface area contributed by atoms with Crippen LogP contribution < -0.4 is 5.32 Å². The zero-order valence-corrected chi connectivity index (χ0v) is 14.9. The number of methoxy groups -OCH3 is 1. The molecule has 3 rings (SSSR count). The van der Waals surface area contributed by atoms with Crippen LogP contribution in [0.25, 0.3) is 0 Å². The smallest absolute Gasteiger partial charge is 0.307 e. The van der Waals surface area contributed by atoms with Crippen LogP contribution in [-0.4, -0.2) is 36.6 Å². The molecule has 1 fully saturated rings. The van der Waals surface area contributed by atoms with Crippen molar-refractivity contribution in [2.75, 3.05) is 13.7 Å². The molecule has 0 spiro atoms. The van der Waals surface area contributed by atoms with Gasteiger partial charge in [0.25, 0.3) is 0 Å². The number of esters is 1. The largest absolute Gasteiger partial charge is 0.469 e. The van der Waals surface area contributed by atoms with E-state index in [1.165, 1.54) is 18.2 Å². The topological polar surface area (TPSA) is 41.3 Å². The molecule has 132 valence electrons. The fraction of sp³-hybridized carbons (Fsp3) is 0.381. The van der Waals surface area contributed by atoms with Crippen molar-refractivity contribution in [3.05, 3.63) is 71.8 Å². The van der Waals surface area contributed by atoms with E-state index in [0.29, 0.717) is 18.5 Å². The van der Waals surface area contributed by atoms with Gasteiger partial charge in [-0.1, -0.05) is 60.7 Å². The number of rotatable bonds is 8. The molecular formula is C21H26N2O2. The fourth-order valence-corrected chi connectivity index (χ4v) is 3.35. The number of hydrogen-bond donors (Lipinski definition) is 1. The molecular weight excluding hydrogens is 312 g/mol. The molecule has 2 aromatic rings. The van der Waals surface area contributed by atoms with Gasteiger partial charge in [0, 0.05) is 31.2 Å². The molecule has 1 aliphatic rings. The number of hydrogen-bond acceptors (Lipinski definition) is 4. The lowest BCUT2D eigenvalue weighted by Crippen LogP contribution is -2.38. The maximum Gasteiger partial charge on any atom is 0.307 e. The summed E-state index contributed by atoms with van der Waals surface area (Å²) < 4.78 is 4.89. The molecule has 4 heteroatoms. The Hall–Kier alpha value is -2.17. The standard InChI is InChI=1S/C21H26N2O2/c1-16(18-11-7-4-8-12-18)23-15-20(23)19(13-21(24)25-2)22-14-17-9-5-3-6-10-17/h3-12,16,19-20,22H,13-15H2,1-2H3/t16-,19-,20-,23?/m1/s1. The van der Waals surface area contributed by atoms with Crippen LogP contribution in [0.15, 0.2) is 60.7 Å². The molecule has 1 N–H and O–H groups in total. The normalized spacial score (nSPS) is 21.4. The molecule has 0 bridgehead atoms. The number of nitrogens with zero attached hydrogens (tertiary/aromatic N) is 1. The Morgan fingerprint density at radius 2 is 1.80 bits per heavy atom. The first kappa shape index (κ1) is 17.6. The van der Waals surface area contributed by atoms with E-state index < -0.39 is 0 Å². The minimum atomic E-state index is -0.162. The van der Waals surface area contributed by atoms with Crippen molar-refractivity contribution in [2.45, 2.75) is 38.0 Å². The minimum Gasteiger partial charge on any atom is -0.469 e. The van der Waals surface area contributed by atoms with Crippen molar-refractivity contribution in [3.63, 3.8) is 0 Å². The molecule has 4 atom stereocenters. The Bertz CT molecular complexity index is 675. The molecule has 1 unspecified atom stereocenters. The van der Waals surface area contributed by atoms with E-state index in [0.717, 1.165) is 13.1 Å². The summed E-state index contributed by atoms with van der Waals surface area (Å²) in [5.74, 6) is -0.162. The van der Waals surface area contributed by atoms with Crippen LogP contribution in [0, 0.1) is 0 Å². The number of ether oxygens (including phenoxy) is 1. The average Bonchev–Trinajstić information content (AvgIpc) is 3.46. The highest BCUT2D eigenvalue weighted by molar-refractivity contribution is 5.70. The minimum absolute atomic E-state index is 0.0961. The van der Waals surface area contributed by atoms with Gasteiger partial charge in [-0.2, -0.15) is 0 Å². The van der Waals surface area contributed by atoms with Crippen LogP contribution in [-0.2, 0) is 16.1 Å². The number of nitrogens with one attached hydrogen (secondary N) is 1. The van der Waals surface area contributed by atoms with Gasteiger partial charge in [0.05, 0.1) is 13.5 Å². The van der Waals surface area contributed by atoms with E-state index in [-0.39, 0.29) is 12.0 Å². The van der Waals surface area contributed by atoms with Gasteiger partial charge < -0.3 is 10.1 Å². The van der Waals surface area contributed by atoms with Gasteiger partial charge >= 0.3 is 5.97 Å². The van der Waals surface area contributed by atoms with Crippen LogP contribution in [0.1, 0.15) is 30.5 Å². The summed E-state index contributed by atoms with van der Waals surface area (Å²) in [5, 5.41) is 3.56. The number of carbonyl (C=O) groups is 1. The van der Waals surface area contributed by atoms with Gasteiger partial charge in [-0.3, -0.25) is 9.69 Å². The molecule has 1 heterocycles. The van der Waals surface area contributed by atoms with E-state index >= 15 is 0 Å². The van der Waals surface area contributed by atoms with Crippen LogP contribution in [0.2, 0.25) is 0 Å². The lowest BCUT2D eigenvalue weighted by molar-refractivity contribution is -0.141. The van der Waals surface area contributed by atoms with Crippen LogP contribution in [0.4, 0.5) is 0 Å². The van der Waals surface area contributed by atoms with Gasteiger partial charge in [-0.05, 0) is 18.1 Å². The summed E-state index contributed by atoms with van der Waals surface area (Å²) in [6, 6.07) is 21.6. The molecule has 2 aromatic carbocycles. The maximum atomic E-state index is 11.8. The van der Waals surface area contributed by atoms with Gasteiger partial charge in [-0.15, -0.1) is 0 Å². The zero-order chi connectivity index (χ0) is 17.6. The molecule has 0 amide bonds. The van der Waals surface area contributed by atoms with Gasteiger partial charge in [0.2, 0.25) is 0 Å². The first-order valence-electron chi connectivity index (χ1n) is 8.84. The predicted molar refractivity (Wildman–Crippen MR) is 99.1 cm³/mol. The van der Waals surface area contributed by atoms with Gasteiger partial charge in [-0.25, -0.2) is 0 Å². The highest BCUT2D eigenvalue weighted by atomic mass is 16.5. The van der Waals surface area contributed by atoms with Crippen molar-refractivity contribution >= 4 is 5.97 Å². The Labute approximate surface area is 149 Å². The second-order valence-electron chi connectivity index (χ2n) is 6.60. The Morgan fingerprint density at radius 3 is 2.44 bits per heavy atom. The van der Waals surface area contributed by atoms with Crippen LogP contribution >= 0.6 is 0 Å².